The fourth-order valence-corrected chi connectivity index (χ4v) is 5.14. The SMILES string of the molecule is CC[C@@]1(C=C(OC)C(=O)OC)CCCN2CCc3c([nH]c4ccc(F)cc34)[C@@H]21. The minimum Gasteiger partial charge on any atom is -0.490 e. The van der Waals surface area contributed by atoms with Crippen LogP contribution in [0.2, 0.25) is 0 Å². The molecule has 2 aliphatic rings. The average molecular weight is 386 g/mol. The van der Waals surface area contributed by atoms with Gasteiger partial charge in [0.15, 0.2) is 0 Å². The van der Waals surface area contributed by atoms with Crippen LogP contribution in [0.25, 0.3) is 10.9 Å². The number of nitrogens with one attached hydrogen (secondary N) is 1. The number of H-pyrrole nitrogens is 1. The molecule has 2 aliphatic heterocycles. The number of carbonyl (C=O) groups excluding carboxylic acids is 1. The molecule has 0 aliphatic carbocycles. The summed E-state index contributed by atoms with van der Waals surface area (Å²) >= 11 is 0. The summed E-state index contributed by atoms with van der Waals surface area (Å²) < 4.78 is 24.2. The van der Waals surface area contributed by atoms with Crippen LogP contribution in [0.15, 0.2) is 30.0 Å². The number of hydrogen-bond acceptors (Lipinski definition) is 4. The molecular formula is C22H27FN2O3. The Bertz CT molecular complexity index is 935. The second-order valence-electron chi connectivity index (χ2n) is 7.79. The van der Waals surface area contributed by atoms with Crippen LogP contribution in [-0.4, -0.2) is 43.2 Å². The van der Waals surface area contributed by atoms with Crippen molar-refractivity contribution in [2.75, 3.05) is 27.3 Å². The molecule has 0 saturated carbocycles. The summed E-state index contributed by atoms with van der Waals surface area (Å²) in [6.45, 7) is 4.10. The number of ether oxygens (including phenoxy) is 2. The number of piperidine rings is 1. The van der Waals surface area contributed by atoms with Gasteiger partial charge in [-0.2, -0.15) is 0 Å². The topological polar surface area (TPSA) is 54.6 Å². The van der Waals surface area contributed by atoms with Crippen LogP contribution in [0.4, 0.5) is 4.39 Å². The smallest absolute Gasteiger partial charge is 0.372 e. The molecule has 150 valence electrons. The Hall–Kier alpha value is -2.34. The number of benzene rings is 1. The van der Waals surface area contributed by atoms with Gasteiger partial charge in [0.2, 0.25) is 5.76 Å². The van der Waals surface area contributed by atoms with Gasteiger partial charge in [-0.25, -0.2) is 9.18 Å². The van der Waals surface area contributed by atoms with Gasteiger partial charge in [-0.3, -0.25) is 4.90 Å². The van der Waals surface area contributed by atoms with Gasteiger partial charge in [0.05, 0.1) is 20.3 Å². The van der Waals surface area contributed by atoms with Gasteiger partial charge in [0.25, 0.3) is 0 Å². The van der Waals surface area contributed by atoms with E-state index >= 15 is 0 Å². The summed E-state index contributed by atoms with van der Waals surface area (Å²) in [5.74, 6) is -0.419. The lowest BCUT2D eigenvalue weighted by Gasteiger charge is -2.50. The predicted molar refractivity (Wildman–Crippen MR) is 105 cm³/mol. The summed E-state index contributed by atoms with van der Waals surface area (Å²) in [5.41, 5.74) is 3.05. The van der Waals surface area contributed by atoms with E-state index in [1.54, 1.807) is 6.07 Å². The highest BCUT2D eigenvalue weighted by Crippen LogP contribution is 2.52. The first-order valence-electron chi connectivity index (χ1n) is 9.92. The van der Waals surface area contributed by atoms with Crippen LogP contribution in [0, 0.1) is 11.2 Å². The lowest BCUT2D eigenvalue weighted by Crippen LogP contribution is -2.48. The van der Waals surface area contributed by atoms with Crippen LogP contribution >= 0.6 is 0 Å². The molecule has 0 amide bonds. The van der Waals surface area contributed by atoms with Crippen LogP contribution < -0.4 is 0 Å². The Morgan fingerprint density at radius 2 is 2.18 bits per heavy atom. The minimum atomic E-state index is -0.456. The first-order chi connectivity index (χ1) is 13.5. The summed E-state index contributed by atoms with van der Waals surface area (Å²) in [5, 5.41) is 0.967. The third-order valence-corrected chi connectivity index (χ3v) is 6.50. The Morgan fingerprint density at radius 1 is 1.36 bits per heavy atom. The number of aromatic nitrogens is 1. The largest absolute Gasteiger partial charge is 0.490 e. The molecule has 1 aromatic carbocycles. The van der Waals surface area contributed by atoms with Crippen LogP contribution in [0.5, 0.6) is 0 Å². The number of aromatic amines is 1. The maximum atomic E-state index is 13.9. The van der Waals surface area contributed by atoms with Gasteiger partial charge < -0.3 is 14.5 Å². The van der Waals surface area contributed by atoms with Crippen molar-refractivity contribution < 1.29 is 18.7 Å². The number of nitrogens with zero attached hydrogens (tertiary/aromatic N) is 1. The van der Waals surface area contributed by atoms with Gasteiger partial charge in [-0.15, -0.1) is 0 Å². The van der Waals surface area contributed by atoms with Gasteiger partial charge in [-0.1, -0.05) is 6.92 Å². The normalized spacial score (nSPS) is 25.3. The molecule has 0 spiro atoms. The molecular weight excluding hydrogens is 359 g/mol. The molecule has 0 unspecified atom stereocenters. The van der Waals surface area contributed by atoms with Gasteiger partial charge >= 0.3 is 5.97 Å². The molecule has 4 rings (SSSR count). The Kier molecular flexibility index (Phi) is 4.91. The highest BCUT2D eigenvalue weighted by Gasteiger charge is 2.47. The first-order valence-corrected chi connectivity index (χ1v) is 9.92. The minimum absolute atomic E-state index is 0.0975. The monoisotopic (exact) mass is 386 g/mol. The molecule has 3 heterocycles. The maximum Gasteiger partial charge on any atom is 0.372 e. The van der Waals surface area contributed by atoms with E-state index in [1.165, 1.54) is 25.8 Å². The van der Waals surface area contributed by atoms with E-state index in [-0.39, 0.29) is 23.0 Å². The lowest BCUT2D eigenvalue weighted by molar-refractivity contribution is -0.139. The zero-order valence-corrected chi connectivity index (χ0v) is 16.7. The van der Waals surface area contributed by atoms with Gasteiger partial charge in [0, 0.05) is 28.6 Å². The van der Waals surface area contributed by atoms with Crippen molar-refractivity contribution in [1.29, 1.82) is 0 Å². The number of halogens is 1. The fourth-order valence-electron chi connectivity index (χ4n) is 5.14. The third-order valence-electron chi connectivity index (χ3n) is 6.50. The van der Waals surface area contributed by atoms with Gasteiger partial charge in [0.1, 0.15) is 5.82 Å². The van der Waals surface area contributed by atoms with Crippen molar-refractivity contribution >= 4 is 16.9 Å². The van der Waals surface area contributed by atoms with Crippen molar-refractivity contribution in [3.8, 4) is 0 Å². The van der Waals surface area contributed by atoms with Crippen molar-refractivity contribution in [1.82, 2.24) is 9.88 Å². The number of rotatable bonds is 4. The van der Waals surface area contributed by atoms with E-state index in [4.69, 9.17) is 9.47 Å². The van der Waals surface area contributed by atoms with Crippen molar-refractivity contribution in [2.45, 2.75) is 38.6 Å². The fraction of sp³-hybridized carbons (Fsp3) is 0.500. The molecule has 1 aromatic heterocycles. The van der Waals surface area contributed by atoms with E-state index in [0.29, 0.717) is 0 Å². The zero-order chi connectivity index (χ0) is 19.9. The Morgan fingerprint density at radius 3 is 2.89 bits per heavy atom. The molecule has 1 saturated heterocycles. The molecule has 6 heteroatoms. The second-order valence-corrected chi connectivity index (χ2v) is 7.79. The van der Waals surface area contributed by atoms with Crippen molar-refractivity contribution in [2.24, 2.45) is 5.41 Å². The second kappa shape index (κ2) is 7.24. The zero-order valence-electron chi connectivity index (χ0n) is 16.7. The summed E-state index contributed by atoms with van der Waals surface area (Å²) in [6, 6.07) is 5.03. The summed E-state index contributed by atoms with van der Waals surface area (Å²) in [4.78, 5) is 18.2. The molecule has 2 aromatic rings. The van der Waals surface area contributed by atoms with E-state index < -0.39 is 5.97 Å². The van der Waals surface area contributed by atoms with E-state index in [0.717, 1.165) is 55.4 Å². The van der Waals surface area contributed by atoms with Crippen molar-refractivity contribution in [3.63, 3.8) is 0 Å². The molecule has 1 fully saturated rings. The average Bonchev–Trinajstić information content (AvgIpc) is 3.09. The van der Waals surface area contributed by atoms with Crippen LogP contribution in [-0.2, 0) is 20.7 Å². The third kappa shape index (κ3) is 2.91. The number of fused-ring (bicyclic) bond motifs is 5. The highest BCUT2D eigenvalue weighted by molar-refractivity contribution is 5.87. The molecule has 0 bridgehead atoms. The van der Waals surface area contributed by atoms with E-state index in [1.807, 2.05) is 12.1 Å². The summed E-state index contributed by atoms with van der Waals surface area (Å²) in [7, 11) is 2.87. The molecule has 5 nitrogen and oxygen atoms in total. The quantitative estimate of drug-likeness (QED) is 0.488. The predicted octanol–water partition coefficient (Wildman–Crippen LogP) is 4.10. The number of methoxy groups -OCH3 is 2. The number of carbonyl (C=O) groups is 1. The van der Waals surface area contributed by atoms with Gasteiger partial charge in [-0.05, 0) is 62.1 Å². The lowest BCUT2D eigenvalue weighted by atomic mass is 9.67. The molecule has 2 atom stereocenters. The number of esters is 1. The van der Waals surface area contributed by atoms with E-state index in [9.17, 15) is 9.18 Å². The number of hydrogen-bond donors (Lipinski definition) is 1. The molecule has 1 N–H and O–H groups in total. The Labute approximate surface area is 164 Å². The van der Waals surface area contributed by atoms with E-state index in [2.05, 4.69) is 16.8 Å². The molecule has 28 heavy (non-hydrogen) atoms. The highest BCUT2D eigenvalue weighted by atomic mass is 19.1. The summed E-state index contributed by atoms with van der Waals surface area (Å²) in [6.07, 6.45) is 5.74. The van der Waals surface area contributed by atoms with Crippen molar-refractivity contribution in [3.05, 3.63) is 47.1 Å². The maximum absolute atomic E-state index is 13.9. The molecule has 0 radical (unpaired) electrons. The Balaban J connectivity index is 1.88. The van der Waals surface area contributed by atoms with Crippen LogP contribution in [0.3, 0.4) is 0 Å². The standard InChI is InChI=1S/C22H27FN2O3/c1-4-22(13-18(27-2)21(26)28-3)9-5-10-25-11-8-15-16-12-14(23)6-7-17(16)24-19(15)20(22)25/h6-7,12-13,20,24H,4-5,8-11H2,1-3H3/t20-,22+/m1/s1. The first kappa shape index (κ1) is 19.0. The van der Waals surface area contributed by atoms with Crippen LogP contribution in [0.1, 0.15) is 43.5 Å².